The van der Waals surface area contributed by atoms with Gasteiger partial charge >= 0.3 is 6.09 Å². The summed E-state index contributed by atoms with van der Waals surface area (Å²) in [5.74, 6) is 0. The Bertz CT molecular complexity index is 421. The average Bonchev–Trinajstić information content (AvgIpc) is 2.36. The van der Waals surface area contributed by atoms with Crippen LogP contribution in [0.4, 0.5) is 4.79 Å². The molecule has 1 rings (SSSR count). The minimum Gasteiger partial charge on any atom is -0.444 e. The van der Waals surface area contributed by atoms with E-state index in [-0.39, 0.29) is 12.1 Å². The van der Waals surface area contributed by atoms with Gasteiger partial charge in [0.2, 0.25) is 0 Å². The summed E-state index contributed by atoms with van der Waals surface area (Å²) in [6.07, 6.45) is 5.38. The van der Waals surface area contributed by atoms with Gasteiger partial charge in [0.1, 0.15) is 5.60 Å². The van der Waals surface area contributed by atoms with Crippen LogP contribution in [0.2, 0.25) is 0 Å². The third-order valence-electron chi connectivity index (χ3n) is 3.34. The first-order valence-corrected chi connectivity index (χ1v) is 7.43. The molecule has 0 bridgehead atoms. The summed E-state index contributed by atoms with van der Waals surface area (Å²) in [6, 6.07) is 0.142. The molecule has 1 saturated heterocycles. The number of hydrogen-bond acceptors (Lipinski definition) is 3. The molecule has 0 aliphatic carbocycles. The van der Waals surface area contributed by atoms with Crippen molar-refractivity contribution in [3.05, 3.63) is 37.0 Å². The molecule has 1 atom stereocenters. The molecule has 0 radical (unpaired) electrons. The highest BCUT2D eigenvalue weighted by Crippen LogP contribution is 2.16. The van der Waals surface area contributed by atoms with Crippen LogP contribution in [0.15, 0.2) is 37.0 Å². The van der Waals surface area contributed by atoms with Crippen molar-refractivity contribution < 1.29 is 9.53 Å². The zero-order chi connectivity index (χ0) is 16.0. The summed E-state index contributed by atoms with van der Waals surface area (Å²) in [4.78, 5) is 16.3. The summed E-state index contributed by atoms with van der Waals surface area (Å²) >= 11 is 0. The number of carbonyl (C=O) groups excluding carboxylic acids is 1. The lowest BCUT2D eigenvalue weighted by atomic mass is 10.1. The Morgan fingerprint density at radius 2 is 2.00 bits per heavy atom. The maximum atomic E-state index is 12.2. The van der Waals surface area contributed by atoms with Crippen molar-refractivity contribution in [1.82, 2.24) is 9.80 Å². The van der Waals surface area contributed by atoms with Crippen LogP contribution in [0.1, 0.15) is 27.7 Å². The van der Waals surface area contributed by atoms with Crippen LogP contribution in [0.25, 0.3) is 0 Å². The van der Waals surface area contributed by atoms with E-state index < -0.39 is 5.60 Å². The molecule has 1 aliphatic rings. The Kier molecular flexibility index (Phi) is 6.21. The maximum absolute atomic E-state index is 12.2. The van der Waals surface area contributed by atoms with Gasteiger partial charge in [0.05, 0.1) is 0 Å². The molecular formula is C17H28N2O2. The highest BCUT2D eigenvalue weighted by molar-refractivity contribution is 5.68. The molecular weight excluding hydrogens is 264 g/mol. The van der Waals surface area contributed by atoms with Gasteiger partial charge in [-0.2, -0.15) is 0 Å². The van der Waals surface area contributed by atoms with Crippen molar-refractivity contribution in [1.29, 1.82) is 0 Å². The van der Waals surface area contributed by atoms with Gasteiger partial charge in [0.15, 0.2) is 0 Å². The van der Waals surface area contributed by atoms with E-state index in [2.05, 4.69) is 25.0 Å². The van der Waals surface area contributed by atoms with Crippen LogP contribution in [-0.2, 0) is 4.74 Å². The van der Waals surface area contributed by atoms with Crippen molar-refractivity contribution in [2.24, 2.45) is 0 Å². The molecule has 21 heavy (non-hydrogen) atoms. The Morgan fingerprint density at radius 3 is 2.48 bits per heavy atom. The van der Waals surface area contributed by atoms with Crippen LogP contribution < -0.4 is 0 Å². The van der Waals surface area contributed by atoms with Crippen molar-refractivity contribution >= 4 is 6.09 Å². The zero-order valence-corrected chi connectivity index (χ0v) is 13.8. The highest BCUT2D eigenvalue weighted by atomic mass is 16.6. The van der Waals surface area contributed by atoms with Gasteiger partial charge in [-0.05, 0) is 33.3 Å². The molecule has 0 aromatic carbocycles. The highest BCUT2D eigenvalue weighted by Gasteiger charge is 2.30. The number of ether oxygens (including phenoxy) is 1. The molecule has 1 aliphatic heterocycles. The van der Waals surface area contributed by atoms with E-state index in [1.807, 2.05) is 37.8 Å². The minimum absolute atomic E-state index is 0.142. The summed E-state index contributed by atoms with van der Waals surface area (Å²) < 4.78 is 5.45. The predicted octanol–water partition coefficient (Wildman–Crippen LogP) is 3.23. The van der Waals surface area contributed by atoms with Crippen LogP contribution >= 0.6 is 0 Å². The summed E-state index contributed by atoms with van der Waals surface area (Å²) in [6.45, 7) is 18.5. The lowest BCUT2D eigenvalue weighted by molar-refractivity contribution is 0.00261. The van der Waals surface area contributed by atoms with E-state index in [4.69, 9.17) is 4.74 Å². The molecule has 118 valence electrons. The Labute approximate surface area is 128 Å². The quantitative estimate of drug-likeness (QED) is 0.746. The lowest BCUT2D eigenvalue weighted by Crippen LogP contribution is -2.55. The fraction of sp³-hybridized carbons (Fsp3) is 0.588. The minimum atomic E-state index is -0.448. The van der Waals surface area contributed by atoms with E-state index in [1.54, 1.807) is 6.08 Å². The third-order valence-corrected chi connectivity index (χ3v) is 3.34. The monoisotopic (exact) mass is 292 g/mol. The predicted molar refractivity (Wildman–Crippen MR) is 87.3 cm³/mol. The van der Waals surface area contributed by atoms with E-state index in [1.165, 1.54) is 0 Å². The number of rotatable bonds is 4. The first-order chi connectivity index (χ1) is 9.76. The number of piperazine rings is 1. The van der Waals surface area contributed by atoms with Crippen molar-refractivity contribution in [2.45, 2.75) is 39.3 Å². The molecule has 0 aromatic rings. The Hall–Kier alpha value is -1.55. The molecule has 1 unspecified atom stereocenters. The molecule has 1 heterocycles. The van der Waals surface area contributed by atoms with Gasteiger partial charge in [-0.15, -0.1) is 0 Å². The van der Waals surface area contributed by atoms with Crippen LogP contribution in [0.5, 0.6) is 0 Å². The van der Waals surface area contributed by atoms with E-state index in [0.717, 1.165) is 25.2 Å². The second kappa shape index (κ2) is 7.46. The van der Waals surface area contributed by atoms with Crippen molar-refractivity contribution in [3.8, 4) is 0 Å². The molecule has 0 spiro atoms. The lowest BCUT2D eigenvalue weighted by Gasteiger charge is -2.40. The SMILES string of the molecule is C=C/C=C(\C=C)CN1CCN(C(=O)OC(C)(C)C)C(C)C1. The largest absolute Gasteiger partial charge is 0.444 e. The van der Waals surface area contributed by atoms with Crippen LogP contribution in [0.3, 0.4) is 0 Å². The smallest absolute Gasteiger partial charge is 0.410 e. The normalized spacial score (nSPS) is 21.0. The molecule has 1 fully saturated rings. The maximum Gasteiger partial charge on any atom is 0.410 e. The number of nitrogens with zero attached hydrogens (tertiary/aromatic N) is 2. The number of allylic oxidation sites excluding steroid dienone is 2. The van der Waals surface area contributed by atoms with Gasteiger partial charge in [-0.1, -0.05) is 31.4 Å². The van der Waals surface area contributed by atoms with E-state index in [0.29, 0.717) is 6.54 Å². The molecule has 4 nitrogen and oxygen atoms in total. The molecule has 1 amide bonds. The number of carbonyl (C=O) groups is 1. The summed E-state index contributed by atoms with van der Waals surface area (Å²) in [5.41, 5.74) is 0.694. The van der Waals surface area contributed by atoms with Gasteiger partial charge in [0, 0.05) is 32.2 Å². The van der Waals surface area contributed by atoms with Gasteiger partial charge in [-0.25, -0.2) is 4.79 Å². The third kappa shape index (κ3) is 5.76. The van der Waals surface area contributed by atoms with Gasteiger partial charge < -0.3 is 9.64 Å². The molecule has 0 saturated carbocycles. The second-order valence-electron chi connectivity index (χ2n) is 6.44. The topological polar surface area (TPSA) is 32.8 Å². The van der Waals surface area contributed by atoms with Crippen LogP contribution in [-0.4, -0.2) is 53.7 Å². The van der Waals surface area contributed by atoms with Crippen LogP contribution in [0, 0.1) is 0 Å². The van der Waals surface area contributed by atoms with Gasteiger partial charge in [-0.3, -0.25) is 4.90 Å². The van der Waals surface area contributed by atoms with E-state index >= 15 is 0 Å². The Balaban J connectivity index is 2.58. The molecule has 0 aromatic heterocycles. The fourth-order valence-electron chi connectivity index (χ4n) is 2.36. The second-order valence-corrected chi connectivity index (χ2v) is 6.44. The summed E-state index contributed by atoms with van der Waals surface area (Å²) in [5, 5.41) is 0. The standard InChI is InChI=1S/C17H28N2O2/c1-7-9-15(8-2)13-18-10-11-19(14(3)12-18)16(20)21-17(4,5)6/h7-9,14H,1-2,10-13H2,3-6H3/b15-9+. The number of hydrogen-bond donors (Lipinski definition) is 0. The number of amides is 1. The first-order valence-electron chi connectivity index (χ1n) is 7.43. The van der Waals surface area contributed by atoms with Crippen molar-refractivity contribution in [3.63, 3.8) is 0 Å². The first kappa shape index (κ1) is 17.5. The van der Waals surface area contributed by atoms with Crippen molar-refractivity contribution in [2.75, 3.05) is 26.2 Å². The average molecular weight is 292 g/mol. The summed E-state index contributed by atoms with van der Waals surface area (Å²) in [7, 11) is 0. The molecule has 4 heteroatoms. The molecule has 0 N–H and O–H groups in total. The fourth-order valence-corrected chi connectivity index (χ4v) is 2.36. The van der Waals surface area contributed by atoms with E-state index in [9.17, 15) is 4.79 Å². The zero-order valence-electron chi connectivity index (χ0n) is 13.8. The Morgan fingerprint density at radius 1 is 1.33 bits per heavy atom. The van der Waals surface area contributed by atoms with Gasteiger partial charge in [0.25, 0.3) is 0 Å².